The molecule has 1 fully saturated rings. The number of hydrogen-bond acceptors (Lipinski definition) is 3. The molecule has 0 spiro atoms. The molecule has 66 valence electrons. The maximum Gasteiger partial charge on any atom is 0.249 e. The molecule has 5 nitrogen and oxygen atoms in total. The number of nitrogens with zero attached hydrogens (tertiary/aromatic N) is 1. The Hall–Kier alpha value is -0.810. The van der Waals surface area contributed by atoms with Crippen LogP contribution in [-0.2, 0) is 0 Å². The first-order valence-electron chi connectivity index (χ1n) is 3.42. The molecular weight excluding hydrogens is 148 g/mol. The third-order valence-corrected chi connectivity index (χ3v) is 1.46. The number of quaternary nitrogens is 1. The first-order chi connectivity index (χ1) is 5.02. The van der Waals surface area contributed by atoms with Crippen LogP contribution >= 0.6 is 0 Å². The fourth-order valence-electron chi connectivity index (χ4n) is 1.00. The molecule has 0 aliphatic carbocycles. The Labute approximate surface area is 65.8 Å². The predicted octanol–water partition coefficient (Wildman–Crippen LogP) is -2.71. The minimum Gasteiger partial charge on any atom is -0.565 e. The third-order valence-electron chi connectivity index (χ3n) is 1.46. The van der Waals surface area contributed by atoms with E-state index < -0.39 is 6.16 Å². The lowest BCUT2D eigenvalue weighted by Crippen LogP contribution is -3.07. The van der Waals surface area contributed by atoms with Gasteiger partial charge in [-0.15, -0.1) is 0 Å². The van der Waals surface area contributed by atoms with Gasteiger partial charge in [0.25, 0.3) is 0 Å². The third kappa shape index (κ3) is 7.08. The minimum absolute atomic E-state index is 1.22. The zero-order valence-electron chi connectivity index (χ0n) is 6.83. The molecule has 1 heterocycles. The number of carboxylic acid groups (broad SMARTS) is 2. The van der Waals surface area contributed by atoms with Crippen molar-refractivity contribution < 1.29 is 19.9 Å². The first-order valence-corrected chi connectivity index (χ1v) is 3.42. The van der Waals surface area contributed by atoms with Gasteiger partial charge in [-0.05, 0) is 7.05 Å². The van der Waals surface area contributed by atoms with Crippen LogP contribution in [0.1, 0.15) is 0 Å². The second-order valence-corrected chi connectivity index (χ2v) is 2.71. The molecule has 0 bridgehead atoms. The molecule has 11 heavy (non-hydrogen) atoms. The molecule has 0 aromatic rings. The van der Waals surface area contributed by atoms with Crippen molar-refractivity contribution in [2.24, 2.45) is 0 Å². The first kappa shape index (κ1) is 10.2. The second-order valence-electron chi connectivity index (χ2n) is 2.71. The SMILES string of the molecule is CN1CC[NH+](C)C1.O=C([O-])O. The number of carbonyl (C=O) groups is 1. The van der Waals surface area contributed by atoms with Gasteiger partial charge in [-0.1, -0.05) is 0 Å². The molecule has 0 aromatic heterocycles. The summed E-state index contributed by atoms with van der Waals surface area (Å²) in [4.78, 5) is 12.4. The van der Waals surface area contributed by atoms with E-state index in [1.54, 1.807) is 4.90 Å². The van der Waals surface area contributed by atoms with Crippen LogP contribution in [-0.4, -0.2) is 50.0 Å². The molecule has 1 atom stereocenters. The van der Waals surface area contributed by atoms with Gasteiger partial charge in [0, 0.05) is 0 Å². The summed E-state index contributed by atoms with van der Waals surface area (Å²) in [5.74, 6) is 0. The van der Waals surface area contributed by atoms with Crippen molar-refractivity contribution in [1.82, 2.24) is 4.90 Å². The van der Waals surface area contributed by atoms with Gasteiger partial charge in [-0.2, -0.15) is 0 Å². The molecule has 1 aliphatic heterocycles. The minimum atomic E-state index is -2.08. The highest BCUT2D eigenvalue weighted by molar-refractivity contribution is 5.50. The summed E-state index contributed by atoms with van der Waals surface area (Å²) >= 11 is 0. The molecule has 1 aliphatic rings. The summed E-state index contributed by atoms with van der Waals surface area (Å²) < 4.78 is 0. The Bertz CT molecular complexity index is 117. The van der Waals surface area contributed by atoms with Crippen molar-refractivity contribution in [2.45, 2.75) is 0 Å². The Morgan fingerprint density at radius 1 is 1.73 bits per heavy atom. The summed E-state index contributed by atoms with van der Waals surface area (Å²) in [6, 6.07) is 0. The highest BCUT2D eigenvalue weighted by Crippen LogP contribution is 1.76. The van der Waals surface area contributed by atoms with E-state index in [9.17, 15) is 0 Å². The van der Waals surface area contributed by atoms with Crippen molar-refractivity contribution in [2.75, 3.05) is 33.9 Å². The topological polar surface area (TPSA) is 68.0 Å². The summed E-state index contributed by atoms with van der Waals surface area (Å²) in [7, 11) is 4.39. The fourth-order valence-corrected chi connectivity index (χ4v) is 1.00. The van der Waals surface area contributed by atoms with Gasteiger partial charge in [0.2, 0.25) is 6.16 Å². The van der Waals surface area contributed by atoms with Gasteiger partial charge in [0.1, 0.15) is 6.67 Å². The van der Waals surface area contributed by atoms with Crippen LogP contribution in [0.2, 0.25) is 0 Å². The normalized spacial score (nSPS) is 24.0. The van der Waals surface area contributed by atoms with E-state index >= 15 is 0 Å². The standard InChI is InChI=1S/C5H12N2.CH2O3/c1-6-3-4-7(2)5-6;2-1(3)4/h3-5H2,1-2H3;(H2,2,3,4). The molecule has 0 amide bonds. The Morgan fingerprint density at radius 2 is 2.18 bits per heavy atom. The Balaban J connectivity index is 0.000000218. The quantitative estimate of drug-likeness (QED) is 0.406. The van der Waals surface area contributed by atoms with Crippen molar-refractivity contribution in [3.05, 3.63) is 0 Å². The van der Waals surface area contributed by atoms with E-state index in [1.807, 2.05) is 0 Å². The van der Waals surface area contributed by atoms with Gasteiger partial charge in [0.05, 0.1) is 20.1 Å². The van der Waals surface area contributed by atoms with Crippen LogP contribution in [0.3, 0.4) is 0 Å². The highest BCUT2D eigenvalue weighted by Gasteiger charge is 2.13. The lowest BCUT2D eigenvalue weighted by atomic mass is 10.6. The van der Waals surface area contributed by atoms with Crippen LogP contribution in [0, 0.1) is 0 Å². The van der Waals surface area contributed by atoms with Gasteiger partial charge in [0.15, 0.2) is 0 Å². The monoisotopic (exact) mass is 162 g/mol. The van der Waals surface area contributed by atoms with Crippen molar-refractivity contribution in [3.63, 3.8) is 0 Å². The van der Waals surface area contributed by atoms with E-state index in [2.05, 4.69) is 19.0 Å². The van der Waals surface area contributed by atoms with Gasteiger partial charge in [-0.3, -0.25) is 4.90 Å². The van der Waals surface area contributed by atoms with Gasteiger partial charge in [-0.25, -0.2) is 0 Å². The lowest BCUT2D eigenvalue weighted by Gasteiger charge is -2.03. The van der Waals surface area contributed by atoms with E-state index in [1.165, 1.54) is 19.8 Å². The molecule has 0 aromatic carbocycles. The molecular formula is C6H14N2O3. The van der Waals surface area contributed by atoms with E-state index in [-0.39, 0.29) is 0 Å². The van der Waals surface area contributed by atoms with Gasteiger partial charge >= 0.3 is 0 Å². The zero-order chi connectivity index (χ0) is 8.85. The largest absolute Gasteiger partial charge is 0.565 e. The summed E-state index contributed by atoms with van der Waals surface area (Å²) in [5, 5.41) is 15.3. The van der Waals surface area contributed by atoms with Gasteiger partial charge < -0.3 is 19.9 Å². The average Bonchev–Trinajstić information content (AvgIpc) is 2.13. The lowest BCUT2D eigenvalue weighted by molar-refractivity contribution is -0.870. The Morgan fingerprint density at radius 3 is 2.27 bits per heavy atom. The molecule has 0 saturated carbocycles. The summed E-state index contributed by atoms with van der Waals surface area (Å²) in [6.45, 7) is 3.81. The van der Waals surface area contributed by atoms with Crippen LogP contribution in [0.25, 0.3) is 0 Å². The molecule has 5 heteroatoms. The fraction of sp³-hybridized carbons (Fsp3) is 0.833. The van der Waals surface area contributed by atoms with Crippen LogP contribution < -0.4 is 10.0 Å². The highest BCUT2D eigenvalue weighted by atomic mass is 16.6. The van der Waals surface area contributed by atoms with Crippen LogP contribution in [0.4, 0.5) is 4.79 Å². The zero-order valence-corrected chi connectivity index (χ0v) is 6.83. The second kappa shape index (κ2) is 4.92. The van der Waals surface area contributed by atoms with Crippen molar-refractivity contribution in [1.29, 1.82) is 0 Å². The predicted molar refractivity (Wildman–Crippen MR) is 37.3 cm³/mol. The van der Waals surface area contributed by atoms with E-state index in [0.717, 1.165) is 0 Å². The van der Waals surface area contributed by atoms with Crippen LogP contribution in [0.5, 0.6) is 0 Å². The molecule has 2 N–H and O–H groups in total. The maximum absolute atomic E-state index is 8.44. The maximum atomic E-state index is 8.44. The van der Waals surface area contributed by atoms with Crippen LogP contribution in [0.15, 0.2) is 0 Å². The molecule has 1 rings (SSSR count). The smallest absolute Gasteiger partial charge is 0.249 e. The summed E-state index contributed by atoms with van der Waals surface area (Å²) in [6.07, 6.45) is -2.08. The molecule has 0 radical (unpaired) electrons. The summed E-state index contributed by atoms with van der Waals surface area (Å²) in [5.41, 5.74) is 0. The van der Waals surface area contributed by atoms with E-state index in [0.29, 0.717) is 0 Å². The molecule has 1 saturated heterocycles. The number of nitrogens with one attached hydrogen (secondary N) is 1. The number of hydrogen-bond donors (Lipinski definition) is 2. The van der Waals surface area contributed by atoms with Crippen molar-refractivity contribution in [3.8, 4) is 0 Å². The van der Waals surface area contributed by atoms with E-state index in [4.69, 9.17) is 15.0 Å². The number of rotatable bonds is 0. The van der Waals surface area contributed by atoms with Crippen molar-refractivity contribution >= 4 is 6.16 Å². The molecule has 1 unspecified atom stereocenters. The average molecular weight is 162 g/mol. The Kier molecular flexibility index (Phi) is 4.56. The number of likely N-dealkylation sites (N-methyl/N-ethyl adjacent to an activating group) is 2.